The molecule has 0 spiro atoms. The van der Waals surface area contributed by atoms with Crippen molar-refractivity contribution in [1.29, 1.82) is 0 Å². The number of hydrogen-bond acceptors (Lipinski definition) is 3. The SMILES string of the molecule is Cc1cc(=O)n(CC(=O)N2CCC([C@H](C)N(C)C)CC2)c2ccccc12. The Morgan fingerprint density at radius 2 is 1.88 bits per heavy atom. The Labute approximate surface area is 155 Å². The summed E-state index contributed by atoms with van der Waals surface area (Å²) in [6, 6.07) is 9.94. The molecule has 1 aliphatic heterocycles. The van der Waals surface area contributed by atoms with Crippen LogP contribution in [0.1, 0.15) is 25.3 Å². The molecule has 0 N–H and O–H groups in total. The molecule has 1 aromatic heterocycles. The molecule has 2 heterocycles. The Morgan fingerprint density at radius 1 is 1.23 bits per heavy atom. The molecule has 26 heavy (non-hydrogen) atoms. The molecule has 5 heteroatoms. The van der Waals surface area contributed by atoms with E-state index in [0.717, 1.165) is 42.4 Å². The molecule has 1 aromatic carbocycles. The summed E-state index contributed by atoms with van der Waals surface area (Å²) in [5.74, 6) is 0.661. The summed E-state index contributed by atoms with van der Waals surface area (Å²) in [6.45, 7) is 5.86. The fraction of sp³-hybridized carbons (Fsp3) is 0.524. The predicted octanol–water partition coefficient (Wildman–Crippen LogP) is 2.50. The van der Waals surface area contributed by atoms with E-state index in [1.807, 2.05) is 36.1 Å². The zero-order chi connectivity index (χ0) is 18.8. The topological polar surface area (TPSA) is 45.6 Å². The number of carbonyl (C=O) groups excluding carboxylic acids is 1. The number of piperidine rings is 1. The van der Waals surface area contributed by atoms with Crippen LogP contribution in [0.25, 0.3) is 10.9 Å². The first-order valence-electron chi connectivity index (χ1n) is 9.42. The maximum absolute atomic E-state index is 12.8. The van der Waals surface area contributed by atoms with Gasteiger partial charge in [-0.15, -0.1) is 0 Å². The number of hydrogen-bond donors (Lipinski definition) is 0. The van der Waals surface area contributed by atoms with E-state index in [2.05, 4.69) is 25.9 Å². The van der Waals surface area contributed by atoms with Crippen LogP contribution < -0.4 is 5.56 Å². The molecule has 1 atom stereocenters. The number of benzene rings is 1. The highest BCUT2D eigenvalue weighted by molar-refractivity contribution is 5.84. The molecule has 0 bridgehead atoms. The van der Waals surface area contributed by atoms with Gasteiger partial charge in [0, 0.05) is 30.6 Å². The lowest BCUT2D eigenvalue weighted by atomic mass is 9.90. The number of amides is 1. The largest absolute Gasteiger partial charge is 0.341 e. The molecule has 1 saturated heterocycles. The summed E-state index contributed by atoms with van der Waals surface area (Å²) in [5.41, 5.74) is 1.68. The summed E-state index contributed by atoms with van der Waals surface area (Å²) >= 11 is 0. The number of rotatable bonds is 4. The third-order valence-electron chi connectivity index (χ3n) is 5.91. The van der Waals surface area contributed by atoms with Crippen molar-refractivity contribution in [1.82, 2.24) is 14.4 Å². The lowest BCUT2D eigenvalue weighted by Gasteiger charge is -2.37. The van der Waals surface area contributed by atoms with Gasteiger partial charge in [0.25, 0.3) is 5.56 Å². The second-order valence-corrected chi connectivity index (χ2v) is 7.69. The zero-order valence-electron chi connectivity index (χ0n) is 16.2. The van der Waals surface area contributed by atoms with Gasteiger partial charge in [0.2, 0.25) is 5.91 Å². The van der Waals surface area contributed by atoms with Gasteiger partial charge >= 0.3 is 0 Å². The van der Waals surface area contributed by atoms with E-state index in [-0.39, 0.29) is 18.0 Å². The van der Waals surface area contributed by atoms with Crippen LogP contribution >= 0.6 is 0 Å². The molecule has 0 radical (unpaired) electrons. The molecular weight excluding hydrogens is 326 g/mol. The highest BCUT2D eigenvalue weighted by atomic mass is 16.2. The molecule has 0 aliphatic carbocycles. The molecule has 1 aliphatic rings. The molecule has 2 aromatic rings. The van der Waals surface area contributed by atoms with Gasteiger partial charge in [0.1, 0.15) is 6.54 Å². The Morgan fingerprint density at radius 3 is 2.54 bits per heavy atom. The minimum Gasteiger partial charge on any atom is -0.341 e. The van der Waals surface area contributed by atoms with Crippen LogP contribution in [0.5, 0.6) is 0 Å². The minimum atomic E-state index is -0.106. The Hall–Kier alpha value is -2.14. The van der Waals surface area contributed by atoms with Crippen molar-refractivity contribution in [3.05, 3.63) is 46.2 Å². The van der Waals surface area contributed by atoms with Crippen LogP contribution in [0, 0.1) is 12.8 Å². The number of carbonyl (C=O) groups is 1. The van der Waals surface area contributed by atoms with Crippen molar-refractivity contribution in [2.24, 2.45) is 5.92 Å². The number of nitrogens with zero attached hydrogens (tertiary/aromatic N) is 3. The van der Waals surface area contributed by atoms with E-state index in [0.29, 0.717) is 12.0 Å². The molecule has 3 rings (SSSR count). The summed E-state index contributed by atoms with van der Waals surface area (Å²) < 4.78 is 1.61. The summed E-state index contributed by atoms with van der Waals surface area (Å²) in [4.78, 5) is 29.5. The third kappa shape index (κ3) is 3.68. The quantitative estimate of drug-likeness (QED) is 0.846. The molecule has 1 amide bonds. The van der Waals surface area contributed by atoms with Crippen molar-refractivity contribution < 1.29 is 4.79 Å². The van der Waals surface area contributed by atoms with Crippen LogP contribution in [-0.4, -0.2) is 53.5 Å². The van der Waals surface area contributed by atoms with E-state index in [1.165, 1.54) is 0 Å². The van der Waals surface area contributed by atoms with Crippen LogP contribution in [-0.2, 0) is 11.3 Å². The lowest BCUT2D eigenvalue weighted by molar-refractivity contribution is -0.133. The van der Waals surface area contributed by atoms with Crippen LogP contribution in [0.2, 0.25) is 0 Å². The number of likely N-dealkylation sites (tertiary alicyclic amines) is 1. The van der Waals surface area contributed by atoms with Crippen LogP contribution in [0.15, 0.2) is 35.1 Å². The average Bonchev–Trinajstić information content (AvgIpc) is 2.64. The van der Waals surface area contributed by atoms with E-state index in [4.69, 9.17) is 0 Å². The third-order valence-corrected chi connectivity index (χ3v) is 5.91. The van der Waals surface area contributed by atoms with Crippen molar-refractivity contribution in [3.8, 4) is 0 Å². The van der Waals surface area contributed by atoms with Gasteiger partial charge in [-0.25, -0.2) is 0 Å². The van der Waals surface area contributed by atoms with E-state index in [9.17, 15) is 9.59 Å². The maximum Gasteiger partial charge on any atom is 0.251 e. The van der Waals surface area contributed by atoms with Gasteiger partial charge < -0.3 is 9.80 Å². The summed E-state index contributed by atoms with van der Waals surface area (Å²) in [7, 11) is 4.22. The van der Waals surface area contributed by atoms with E-state index >= 15 is 0 Å². The van der Waals surface area contributed by atoms with Crippen molar-refractivity contribution in [2.45, 2.75) is 39.3 Å². The molecule has 1 fully saturated rings. The zero-order valence-corrected chi connectivity index (χ0v) is 16.2. The minimum absolute atomic E-state index is 0.0389. The van der Waals surface area contributed by atoms with Gasteiger partial charge in [-0.1, -0.05) is 18.2 Å². The van der Waals surface area contributed by atoms with E-state index in [1.54, 1.807) is 10.6 Å². The second-order valence-electron chi connectivity index (χ2n) is 7.69. The highest BCUT2D eigenvalue weighted by Crippen LogP contribution is 2.23. The predicted molar refractivity (Wildman–Crippen MR) is 105 cm³/mol. The number of fused-ring (bicyclic) bond motifs is 1. The first-order valence-corrected chi connectivity index (χ1v) is 9.42. The lowest BCUT2D eigenvalue weighted by Crippen LogP contribution is -2.45. The van der Waals surface area contributed by atoms with Crippen molar-refractivity contribution in [3.63, 3.8) is 0 Å². The molecule has 140 valence electrons. The first-order chi connectivity index (χ1) is 12.4. The number of aryl methyl sites for hydroxylation is 1. The average molecular weight is 355 g/mol. The van der Waals surface area contributed by atoms with Gasteiger partial charge in [0.05, 0.1) is 5.52 Å². The molecular formula is C21H29N3O2. The van der Waals surface area contributed by atoms with E-state index < -0.39 is 0 Å². The first kappa shape index (κ1) is 18.6. The Kier molecular flexibility index (Phi) is 5.47. The van der Waals surface area contributed by atoms with Gasteiger partial charge in [-0.05, 0) is 58.3 Å². The fourth-order valence-electron chi connectivity index (χ4n) is 3.95. The number of aromatic nitrogens is 1. The monoisotopic (exact) mass is 355 g/mol. The van der Waals surface area contributed by atoms with Crippen LogP contribution in [0.4, 0.5) is 0 Å². The summed E-state index contributed by atoms with van der Waals surface area (Å²) in [6.07, 6.45) is 2.04. The number of pyridine rings is 1. The number of para-hydroxylation sites is 1. The molecule has 0 saturated carbocycles. The molecule has 0 unspecified atom stereocenters. The Bertz CT molecular complexity index is 848. The maximum atomic E-state index is 12.8. The second kappa shape index (κ2) is 7.62. The van der Waals surface area contributed by atoms with Gasteiger partial charge in [-0.2, -0.15) is 0 Å². The van der Waals surface area contributed by atoms with Gasteiger partial charge in [-0.3, -0.25) is 14.2 Å². The normalized spacial score (nSPS) is 17.0. The Balaban J connectivity index is 1.74. The van der Waals surface area contributed by atoms with Gasteiger partial charge in [0.15, 0.2) is 0 Å². The highest BCUT2D eigenvalue weighted by Gasteiger charge is 2.27. The standard InChI is InChI=1S/C21H29N3O2/c1-15-13-20(25)24(19-8-6-5-7-18(15)19)14-21(26)23-11-9-17(10-12-23)16(2)22(3)4/h5-8,13,16-17H,9-12,14H2,1-4H3/t16-/m0/s1. The smallest absolute Gasteiger partial charge is 0.251 e. The van der Waals surface area contributed by atoms with Crippen LogP contribution in [0.3, 0.4) is 0 Å². The van der Waals surface area contributed by atoms with Crippen molar-refractivity contribution in [2.75, 3.05) is 27.2 Å². The summed E-state index contributed by atoms with van der Waals surface area (Å²) in [5, 5.41) is 1.03. The fourth-order valence-corrected chi connectivity index (χ4v) is 3.95. The molecule has 5 nitrogen and oxygen atoms in total. The van der Waals surface area contributed by atoms with Crippen molar-refractivity contribution >= 4 is 16.8 Å².